The van der Waals surface area contributed by atoms with Crippen LogP contribution in [-0.2, 0) is 0 Å². The quantitative estimate of drug-likeness (QED) is 0.642. The van der Waals surface area contributed by atoms with Crippen molar-refractivity contribution in [2.75, 3.05) is 19.0 Å². The summed E-state index contributed by atoms with van der Waals surface area (Å²) in [6.07, 6.45) is 0. The third-order valence-corrected chi connectivity index (χ3v) is 3.67. The first-order chi connectivity index (χ1) is 10.3. The van der Waals surface area contributed by atoms with Gasteiger partial charge < -0.3 is 4.90 Å². The highest BCUT2D eigenvalue weighted by Gasteiger charge is 2.13. The van der Waals surface area contributed by atoms with E-state index in [0.717, 1.165) is 0 Å². The Morgan fingerprint density at radius 1 is 0.571 bits per heavy atom. The summed E-state index contributed by atoms with van der Waals surface area (Å²) in [5.41, 5.74) is 6.30. The Kier molecular flexibility index (Phi) is 3.74. The van der Waals surface area contributed by atoms with Crippen LogP contribution < -0.4 is 4.90 Å². The van der Waals surface area contributed by atoms with Gasteiger partial charge in [0, 0.05) is 25.3 Å². The second-order valence-corrected chi connectivity index (χ2v) is 5.33. The molecule has 104 valence electrons. The molecule has 0 aliphatic carbocycles. The zero-order valence-electron chi connectivity index (χ0n) is 12.5. The summed E-state index contributed by atoms with van der Waals surface area (Å²) in [4.78, 5) is 2.18. The fraction of sp³-hybridized carbons (Fsp3) is 0.100. The number of hydrogen-bond acceptors (Lipinski definition) is 1. The molecule has 0 aliphatic rings. The molecule has 1 nitrogen and oxygen atoms in total. The first-order valence-electron chi connectivity index (χ1n) is 7.18. The second kappa shape index (κ2) is 5.84. The zero-order valence-corrected chi connectivity index (χ0v) is 12.5. The van der Waals surface area contributed by atoms with E-state index in [2.05, 4.69) is 97.9 Å². The van der Waals surface area contributed by atoms with Crippen LogP contribution >= 0.6 is 0 Å². The van der Waals surface area contributed by atoms with Crippen LogP contribution in [0.25, 0.3) is 22.3 Å². The molecule has 0 aromatic heterocycles. The predicted octanol–water partition coefficient (Wildman–Crippen LogP) is 5.09. The number of anilines is 1. The molecule has 0 saturated carbocycles. The van der Waals surface area contributed by atoms with Crippen LogP contribution in [0.4, 0.5) is 5.69 Å². The molecular weight excluding hydrogens is 254 g/mol. The number of hydrogen-bond donors (Lipinski definition) is 0. The maximum atomic E-state index is 2.20. The van der Waals surface area contributed by atoms with E-state index >= 15 is 0 Å². The number of rotatable bonds is 3. The number of nitrogens with zero attached hydrogens (tertiary/aromatic N) is 1. The third-order valence-electron chi connectivity index (χ3n) is 3.67. The predicted molar refractivity (Wildman–Crippen MR) is 91.6 cm³/mol. The van der Waals surface area contributed by atoms with Gasteiger partial charge >= 0.3 is 0 Å². The van der Waals surface area contributed by atoms with Crippen molar-refractivity contribution in [3.8, 4) is 22.3 Å². The molecular formula is C20H19N. The Balaban J connectivity index is 2.28. The smallest absolute Gasteiger partial charge is 0.0447 e. The summed E-state index contributed by atoms with van der Waals surface area (Å²) in [6, 6.07) is 27.7. The van der Waals surface area contributed by atoms with Crippen LogP contribution in [0.1, 0.15) is 0 Å². The van der Waals surface area contributed by atoms with E-state index in [9.17, 15) is 0 Å². The summed E-state index contributed by atoms with van der Waals surface area (Å²) in [5, 5.41) is 0. The van der Waals surface area contributed by atoms with Crippen LogP contribution in [0.15, 0.2) is 78.9 Å². The van der Waals surface area contributed by atoms with Gasteiger partial charge in [-0.2, -0.15) is 0 Å². The molecule has 0 heterocycles. The molecule has 0 bridgehead atoms. The molecule has 0 atom stereocenters. The SMILES string of the molecule is CN(C)c1cccc(-c2ccccc2)c1-c1ccccc1. The van der Waals surface area contributed by atoms with Crippen molar-refractivity contribution < 1.29 is 0 Å². The summed E-state index contributed by atoms with van der Waals surface area (Å²) in [6.45, 7) is 0. The fourth-order valence-corrected chi connectivity index (χ4v) is 2.68. The third kappa shape index (κ3) is 2.68. The van der Waals surface area contributed by atoms with Crippen LogP contribution in [0.2, 0.25) is 0 Å². The van der Waals surface area contributed by atoms with Crippen molar-refractivity contribution in [3.63, 3.8) is 0 Å². The zero-order chi connectivity index (χ0) is 14.7. The molecule has 0 fully saturated rings. The van der Waals surface area contributed by atoms with Gasteiger partial charge in [-0.15, -0.1) is 0 Å². The molecule has 21 heavy (non-hydrogen) atoms. The van der Waals surface area contributed by atoms with Gasteiger partial charge in [0.2, 0.25) is 0 Å². The molecule has 0 N–H and O–H groups in total. The monoisotopic (exact) mass is 273 g/mol. The van der Waals surface area contributed by atoms with Gasteiger partial charge in [0.15, 0.2) is 0 Å². The van der Waals surface area contributed by atoms with Gasteiger partial charge in [0.1, 0.15) is 0 Å². The molecule has 0 saturated heterocycles. The molecule has 0 radical (unpaired) electrons. The van der Waals surface area contributed by atoms with Crippen LogP contribution in [0, 0.1) is 0 Å². The second-order valence-electron chi connectivity index (χ2n) is 5.33. The summed E-state index contributed by atoms with van der Waals surface area (Å²) < 4.78 is 0. The average Bonchev–Trinajstić information content (AvgIpc) is 2.55. The first-order valence-corrected chi connectivity index (χ1v) is 7.18. The summed E-state index contributed by atoms with van der Waals surface area (Å²) in [5.74, 6) is 0. The van der Waals surface area contributed by atoms with E-state index in [1.807, 2.05) is 0 Å². The van der Waals surface area contributed by atoms with E-state index < -0.39 is 0 Å². The van der Waals surface area contributed by atoms with Crippen molar-refractivity contribution in [2.45, 2.75) is 0 Å². The van der Waals surface area contributed by atoms with E-state index in [-0.39, 0.29) is 0 Å². The van der Waals surface area contributed by atoms with Crippen LogP contribution in [0.5, 0.6) is 0 Å². The highest BCUT2D eigenvalue weighted by molar-refractivity contribution is 5.92. The van der Waals surface area contributed by atoms with Gasteiger partial charge in [-0.1, -0.05) is 72.8 Å². The minimum absolute atomic E-state index is 1.24. The average molecular weight is 273 g/mol. The lowest BCUT2D eigenvalue weighted by molar-refractivity contribution is 1.13. The van der Waals surface area contributed by atoms with Gasteiger partial charge in [-0.3, -0.25) is 0 Å². The van der Waals surface area contributed by atoms with E-state index in [0.29, 0.717) is 0 Å². The van der Waals surface area contributed by atoms with Gasteiger partial charge in [-0.25, -0.2) is 0 Å². The molecule has 0 amide bonds. The Morgan fingerprint density at radius 2 is 1.14 bits per heavy atom. The molecule has 0 unspecified atom stereocenters. The highest BCUT2D eigenvalue weighted by Crippen LogP contribution is 2.38. The minimum Gasteiger partial charge on any atom is -0.377 e. The van der Waals surface area contributed by atoms with Gasteiger partial charge in [0.25, 0.3) is 0 Å². The van der Waals surface area contributed by atoms with Crippen molar-refractivity contribution in [1.29, 1.82) is 0 Å². The first kappa shape index (κ1) is 13.4. The van der Waals surface area contributed by atoms with Crippen LogP contribution in [0.3, 0.4) is 0 Å². The number of benzene rings is 3. The van der Waals surface area contributed by atoms with Crippen molar-refractivity contribution >= 4 is 5.69 Å². The van der Waals surface area contributed by atoms with Crippen LogP contribution in [-0.4, -0.2) is 14.1 Å². The van der Waals surface area contributed by atoms with Crippen molar-refractivity contribution in [3.05, 3.63) is 78.9 Å². The Morgan fingerprint density at radius 3 is 1.71 bits per heavy atom. The van der Waals surface area contributed by atoms with Crippen molar-refractivity contribution in [2.24, 2.45) is 0 Å². The Bertz CT molecular complexity index is 715. The molecule has 0 spiro atoms. The van der Waals surface area contributed by atoms with Gasteiger partial charge in [-0.05, 0) is 22.8 Å². The maximum Gasteiger partial charge on any atom is 0.0447 e. The van der Waals surface area contributed by atoms with E-state index in [4.69, 9.17) is 0 Å². The maximum absolute atomic E-state index is 2.20. The Labute approximate surface area is 126 Å². The van der Waals surface area contributed by atoms with E-state index in [1.165, 1.54) is 27.9 Å². The normalized spacial score (nSPS) is 10.4. The van der Waals surface area contributed by atoms with E-state index in [1.54, 1.807) is 0 Å². The minimum atomic E-state index is 1.24. The summed E-state index contributed by atoms with van der Waals surface area (Å²) in [7, 11) is 4.19. The Hall–Kier alpha value is -2.54. The molecule has 1 heteroatoms. The highest BCUT2D eigenvalue weighted by atomic mass is 15.1. The largest absolute Gasteiger partial charge is 0.377 e. The fourth-order valence-electron chi connectivity index (χ4n) is 2.68. The lowest BCUT2D eigenvalue weighted by Gasteiger charge is -2.21. The molecule has 3 aromatic rings. The van der Waals surface area contributed by atoms with Crippen molar-refractivity contribution in [1.82, 2.24) is 0 Å². The molecule has 3 aromatic carbocycles. The molecule has 3 rings (SSSR count). The lowest BCUT2D eigenvalue weighted by atomic mass is 9.93. The summed E-state index contributed by atoms with van der Waals surface area (Å²) >= 11 is 0. The lowest BCUT2D eigenvalue weighted by Crippen LogP contribution is -2.10. The van der Waals surface area contributed by atoms with Gasteiger partial charge in [0.05, 0.1) is 0 Å². The molecule has 0 aliphatic heterocycles. The standard InChI is InChI=1S/C20H19N/c1-21(2)19-15-9-14-18(16-10-5-3-6-11-16)20(19)17-12-7-4-8-13-17/h3-15H,1-2H3. The topological polar surface area (TPSA) is 3.24 Å².